The quantitative estimate of drug-likeness (QED) is 0.695. The Hall–Kier alpha value is -3.07. The summed E-state index contributed by atoms with van der Waals surface area (Å²) in [6.45, 7) is 3.30. The Kier molecular flexibility index (Phi) is 6.38. The minimum absolute atomic E-state index is 0.0155. The zero-order valence-corrected chi connectivity index (χ0v) is 17.0. The Balaban J connectivity index is 1.85. The summed E-state index contributed by atoms with van der Waals surface area (Å²) in [4.78, 5) is 30.5. The molecule has 1 N–H and O–H groups in total. The Morgan fingerprint density at radius 2 is 2.10 bits per heavy atom. The molecule has 1 atom stereocenters. The second-order valence-electron chi connectivity index (χ2n) is 6.65. The van der Waals surface area contributed by atoms with Crippen molar-refractivity contribution in [3.05, 3.63) is 29.7 Å². The smallest absolute Gasteiger partial charge is 0.307 e. The summed E-state index contributed by atoms with van der Waals surface area (Å²) in [5.41, 5.74) is 1.40. The van der Waals surface area contributed by atoms with Crippen molar-refractivity contribution < 1.29 is 28.2 Å². The summed E-state index contributed by atoms with van der Waals surface area (Å²) in [6, 6.07) is 4.78. The predicted octanol–water partition coefficient (Wildman–Crippen LogP) is 1.53. The van der Waals surface area contributed by atoms with E-state index in [1.807, 2.05) is 17.9 Å². The molecule has 1 aromatic heterocycles. The number of carbonyl (C=O) groups excluding carboxylic acids is 2. The lowest BCUT2D eigenvalue weighted by atomic mass is 10.1. The number of oxazole rings is 1. The molecule has 1 aliphatic heterocycles. The Bertz CT molecular complexity index is 894. The monoisotopic (exact) mass is 403 g/mol. The number of hydrogen-bond acceptors (Lipinski definition) is 8. The first-order valence-corrected chi connectivity index (χ1v) is 9.24. The molecule has 0 saturated carbocycles. The molecular formula is C20H25N3O6. The largest absolute Gasteiger partial charge is 0.497 e. The maximum atomic E-state index is 12.3. The highest BCUT2D eigenvalue weighted by molar-refractivity contribution is 5.87. The van der Waals surface area contributed by atoms with Crippen LogP contribution in [0.3, 0.4) is 0 Å². The highest BCUT2D eigenvalue weighted by Crippen LogP contribution is 2.34. The van der Waals surface area contributed by atoms with Crippen LogP contribution in [0, 0.1) is 6.92 Å². The van der Waals surface area contributed by atoms with E-state index in [0.29, 0.717) is 54.0 Å². The maximum Gasteiger partial charge on any atom is 0.307 e. The van der Waals surface area contributed by atoms with Crippen LogP contribution in [0.1, 0.15) is 17.9 Å². The molecule has 2 aromatic rings. The molecular weight excluding hydrogens is 378 g/mol. The lowest BCUT2D eigenvalue weighted by Crippen LogP contribution is -2.55. The molecule has 0 aliphatic carbocycles. The third kappa shape index (κ3) is 4.51. The predicted molar refractivity (Wildman–Crippen MR) is 104 cm³/mol. The van der Waals surface area contributed by atoms with Gasteiger partial charge in [-0.25, -0.2) is 4.98 Å². The van der Waals surface area contributed by atoms with Crippen LogP contribution in [0.25, 0.3) is 11.5 Å². The number of benzene rings is 1. The first-order chi connectivity index (χ1) is 14.0. The molecule has 1 unspecified atom stereocenters. The van der Waals surface area contributed by atoms with Gasteiger partial charge in [0.15, 0.2) is 0 Å². The van der Waals surface area contributed by atoms with E-state index in [1.54, 1.807) is 26.4 Å². The standard InChI is InChI=1S/C20H25N3O6/c1-12-15(11-23-8-7-21-19(25)16(23)10-18(24)28-4)22-20(29-12)14-6-5-13(26-2)9-17(14)27-3/h5-6,9,16H,7-8,10-11H2,1-4H3,(H,21,25). The van der Waals surface area contributed by atoms with Gasteiger partial charge in [0.05, 0.1) is 39.0 Å². The van der Waals surface area contributed by atoms with E-state index in [4.69, 9.17) is 18.6 Å². The van der Waals surface area contributed by atoms with Crippen molar-refractivity contribution in [2.75, 3.05) is 34.4 Å². The van der Waals surface area contributed by atoms with Crippen molar-refractivity contribution in [3.8, 4) is 23.0 Å². The van der Waals surface area contributed by atoms with Crippen molar-refractivity contribution in [2.24, 2.45) is 0 Å². The number of aromatic nitrogens is 1. The summed E-state index contributed by atoms with van der Waals surface area (Å²) in [7, 11) is 4.46. The zero-order valence-electron chi connectivity index (χ0n) is 17.0. The molecule has 0 bridgehead atoms. The lowest BCUT2D eigenvalue weighted by molar-refractivity contribution is -0.146. The number of carbonyl (C=O) groups is 2. The summed E-state index contributed by atoms with van der Waals surface area (Å²) in [5.74, 6) is 1.68. The first kappa shape index (κ1) is 20.7. The number of hydrogen-bond donors (Lipinski definition) is 1. The normalized spacial score (nSPS) is 17.0. The van der Waals surface area contributed by atoms with Gasteiger partial charge in [-0.05, 0) is 19.1 Å². The van der Waals surface area contributed by atoms with Crippen molar-refractivity contribution in [2.45, 2.75) is 25.9 Å². The average Bonchev–Trinajstić information content (AvgIpc) is 3.09. The molecule has 3 rings (SSSR count). The van der Waals surface area contributed by atoms with Gasteiger partial charge in [-0.1, -0.05) is 0 Å². The molecule has 1 fully saturated rings. The van der Waals surface area contributed by atoms with Crippen molar-refractivity contribution in [1.82, 2.24) is 15.2 Å². The number of rotatable bonds is 7. The van der Waals surface area contributed by atoms with Gasteiger partial charge in [0.1, 0.15) is 23.3 Å². The van der Waals surface area contributed by atoms with E-state index in [2.05, 4.69) is 10.3 Å². The van der Waals surface area contributed by atoms with Crippen LogP contribution >= 0.6 is 0 Å². The summed E-state index contributed by atoms with van der Waals surface area (Å²) >= 11 is 0. The second kappa shape index (κ2) is 8.95. The molecule has 1 aliphatic rings. The third-order valence-electron chi connectivity index (χ3n) is 4.91. The first-order valence-electron chi connectivity index (χ1n) is 9.24. The fourth-order valence-corrected chi connectivity index (χ4v) is 3.27. The molecule has 0 spiro atoms. The van der Waals surface area contributed by atoms with E-state index in [0.717, 1.165) is 0 Å². The Morgan fingerprint density at radius 1 is 1.31 bits per heavy atom. The van der Waals surface area contributed by atoms with E-state index in [9.17, 15) is 9.59 Å². The molecule has 9 nitrogen and oxygen atoms in total. The molecule has 29 heavy (non-hydrogen) atoms. The van der Waals surface area contributed by atoms with Crippen LogP contribution in [0.4, 0.5) is 0 Å². The van der Waals surface area contributed by atoms with E-state index < -0.39 is 12.0 Å². The SMILES string of the molecule is COC(=O)CC1C(=O)NCCN1Cc1nc(-c2ccc(OC)cc2OC)oc1C. The molecule has 0 radical (unpaired) electrons. The molecule has 1 amide bonds. The maximum absolute atomic E-state index is 12.3. The van der Waals surface area contributed by atoms with Gasteiger partial charge in [-0.2, -0.15) is 0 Å². The fraction of sp³-hybridized carbons (Fsp3) is 0.450. The topological polar surface area (TPSA) is 103 Å². The van der Waals surface area contributed by atoms with Gasteiger partial charge in [0.2, 0.25) is 11.8 Å². The Morgan fingerprint density at radius 3 is 2.79 bits per heavy atom. The van der Waals surface area contributed by atoms with E-state index in [-0.39, 0.29) is 12.3 Å². The zero-order chi connectivity index (χ0) is 21.0. The average molecular weight is 403 g/mol. The number of nitrogens with one attached hydrogen (secondary N) is 1. The number of amides is 1. The van der Waals surface area contributed by atoms with Crippen LogP contribution in [-0.2, 0) is 20.9 Å². The highest BCUT2D eigenvalue weighted by Gasteiger charge is 2.33. The minimum Gasteiger partial charge on any atom is -0.497 e. The van der Waals surface area contributed by atoms with Crippen molar-refractivity contribution >= 4 is 11.9 Å². The molecule has 1 aromatic carbocycles. The van der Waals surface area contributed by atoms with Crippen molar-refractivity contribution in [1.29, 1.82) is 0 Å². The van der Waals surface area contributed by atoms with Crippen LogP contribution in [0.15, 0.2) is 22.6 Å². The number of nitrogens with zero attached hydrogens (tertiary/aromatic N) is 2. The van der Waals surface area contributed by atoms with Crippen LogP contribution in [-0.4, -0.2) is 62.2 Å². The lowest BCUT2D eigenvalue weighted by Gasteiger charge is -2.33. The minimum atomic E-state index is -0.605. The molecule has 2 heterocycles. The van der Waals surface area contributed by atoms with Gasteiger partial charge in [0.25, 0.3) is 0 Å². The Labute approximate surface area is 168 Å². The fourth-order valence-electron chi connectivity index (χ4n) is 3.27. The number of piperazine rings is 1. The van der Waals surface area contributed by atoms with Gasteiger partial charge >= 0.3 is 5.97 Å². The number of ether oxygens (including phenoxy) is 3. The van der Waals surface area contributed by atoms with Gasteiger partial charge in [-0.15, -0.1) is 0 Å². The molecule has 9 heteroatoms. The van der Waals surface area contributed by atoms with Crippen LogP contribution in [0.2, 0.25) is 0 Å². The second-order valence-corrected chi connectivity index (χ2v) is 6.65. The summed E-state index contributed by atoms with van der Waals surface area (Å²) < 4.78 is 21.3. The van der Waals surface area contributed by atoms with Gasteiger partial charge in [0, 0.05) is 25.7 Å². The van der Waals surface area contributed by atoms with E-state index >= 15 is 0 Å². The summed E-state index contributed by atoms with van der Waals surface area (Å²) in [6.07, 6.45) is -0.0155. The van der Waals surface area contributed by atoms with Crippen molar-refractivity contribution in [3.63, 3.8) is 0 Å². The molecule has 156 valence electrons. The van der Waals surface area contributed by atoms with Crippen LogP contribution in [0.5, 0.6) is 11.5 Å². The number of esters is 1. The van der Waals surface area contributed by atoms with Gasteiger partial charge in [-0.3, -0.25) is 14.5 Å². The van der Waals surface area contributed by atoms with Crippen LogP contribution < -0.4 is 14.8 Å². The number of aryl methyl sites for hydroxylation is 1. The number of methoxy groups -OCH3 is 3. The van der Waals surface area contributed by atoms with E-state index in [1.165, 1.54) is 7.11 Å². The summed E-state index contributed by atoms with van der Waals surface area (Å²) in [5, 5.41) is 2.79. The van der Waals surface area contributed by atoms with Gasteiger partial charge < -0.3 is 23.9 Å². The molecule has 1 saturated heterocycles. The third-order valence-corrected chi connectivity index (χ3v) is 4.91. The highest BCUT2D eigenvalue weighted by atomic mass is 16.5.